The number of carboxylic acids is 1. The summed E-state index contributed by atoms with van der Waals surface area (Å²) in [5.41, 5.74) is 0.0457. The van der Waals surface area contributed by atoms with Gasteiger partial charge in [0, 0.05) is 18.8 Å². The highest BCUT2D eigenvalue weighted by Crippen LogP contribution is 2.20. The fourth-order valence-corrected chi connectivity index (χ4v) is 2.60. The van der Waals surface area contributed by atoms with E-state index in [1.807, 2.05) is 4.90 Å². The monoisotopic (exact) mass is 292 g/mol. The first-order valence-corrected chi connectivity index (χ1v) is 7.22. The van der Waals surface area contributed by atoms with E-state index in [4.69, 9.17) is 9.84 Å². The van der Waals surface area contributed by atoms with Crippen molar-refractivity contribution in [2.24, 2.45) is 0 Å². The average molecular weight is 292 g/mol. The van der Waals surface area contributed by atoms with Gasteiger partial charge in [0.05, 0.1) is 11.8 Å². The SMILES string of the molecule is CCC1CCCCN1C(=O)COc1cncc(C(=O)O)c1. The van der Waals surface area contributed by atoms with E-state index in [0.717, 1.165) is 32.2 Å². The molecule has 1 N–H and O–H groups in total. The molecule has 1 amide bonds. The Balaban J connectivity index is 1.94. The number of nitrogens with zero attached hydrogens (tertiary/aromatic N) is 2. The molecule has 1 fully saturated rings. The molecule has 2 heterocycles. The minimum atomic E-state index is -1.07. The van der Waals surface area contributed by atoms with E-state index in [2.05, 4.69) is 11.9 Å². The molecule has 1 atom stereocenters. The van der Waals surface area contributed by atoms with Gasteiger partial charge < -0.3 is 14.7 Å². The number of piperidine rings is 1. The van der Waals surface area contributed by atoms with Crippen molar-refractivity contribution >= 4 is 11.9 Å². The molecule has 1 aromatic heterocycles. The van der Waals surface area contributed by atoms with Crippen LogP contribution in [0.5, 0.6) is 5.75 Å². The number of aromatic nitrogens is 1. The van der Waals surface area contributed by atoms with Crippen molar-refractivity contribution in [3.63, 3.8) is 0 Å². The highest BCUT2D eigenvalue weighted by molar-refractivity contribution is 5.87. The van der Waals surface area contributed by atoms with Crippen LogP contribution >= 0.6 is 0 Å². The molecule has 6 nitrogen and oxygen atoms in total. The number of ether oxygens (including phenoxy) is 1. The molecule has 0 bridgehead atoms. The zero-order chi connectivity index (χ0) is 15.2. The molecule has 1 unspecified atom stereocenters. The van der Waals surface area contributed by atoms with Crippen molar-refractivity contribution in [3.8, 4) is 5.75 Å². The molecule has 0 radical (unpaired) electrons. The highest BCUT2D eigenvalue weighted by atomic mass is 16.5. The molecule has 0 saturated carbocycles. The van der Waals surface area contributed by atoms with Crippen LogP contribution in [0.15, 0.2) is 18.5 Å². The van der Waals surface area contributed by atoms with Gasteiger partial charge in [-0.15, -0.1) is 0 Å². The van der Waals surface area contributed by atoms with Gasteiger partial charge in [0.25, 0.3) is 5.91 Å². The van der Waals surface area contributed by atoms with E-state index >= 15 is 0 Å². The number of aromatic carboxylic acids is 1. The molecule has 1 saturated heterocycles. The molecule has 0 spiro atoms. The van der Waals surface area contributed by atoms with Crippen molar-refractivity contribution in [2.75, 3.05) is 13.2 Å². The summed E-state index contributed by atoms with van der Waals surface area (Å²) in [6.45, 7) is 2.77. The number of hydrogen-bond acceptors (Lipinski definition) is 4. The summed E-state index contributed by atoms with van der Waals surface area (Å²) in [7, 11) is 0. The van der Waals surface area contributed by atoms with Crippen LogP contribution in [0.3, 0.4) is 0 Å². The van der Waals surface area contributed by atoms with E-state index in [0.29, 0.717) is 11.8 Å². The molecule has 1 aromatic rings. The predicted octanol–water partition coefficient (Wildman–Crippen LogP) is 1.95. The van der Waals surface area contributed by atoms with Crippen LogP contribution in [0.2, 0.25) is 0 Å². The third-order valence-electron chi connectivity index (χ3n) is 3.74. The topological polar surface area (TPSA) is 79.7 Å². The van der Waals surface area contributed by atoms with E-state index < -0.39 is 5.97 Å². The van der Waals surface area contributed by atoms with E-state index in [1.165, 1.54) is 18.5 Å². The van der Waals surface area contributed by atoms with Gasteiger partial charge in [0.1, 0.15) is 5.75 Å². The molecule has 6 heteroatoms. The Hall–Kier alpha value is -2.11. The summed E-state index contributed by atoms with van der Waals surface area (Å²) in [4.78, 5) is 28.7. The van der Waals surface area contributed by atoms with E-state index in [-0.39, 0.29) is 18.1 Å². The van der Waals surface area contributed by atoms with Crippen LogP contribution < -0.4 is 4.74 Å². The number of pyridine rings is 1. The van der Waals surface area contributed by atoms with Gasteiger partial charge in [-0.25, -0.2) is 4.79 Å². The maximum Gasteiger partial charge on any atom is 0.337 e. The van der Waals surface area contributed by atoms with Gasteiger partial charge in [-0.05, 0) is 31.7 Å². The van der Waals surface area contributed by atoms with Crippen molar-refractivity contribution in [1.29, 1.82) is 0 Å². The van der Waals surface area contributed by atoms with Crippen molar-refractivity contribution in [3.05, 3.63) is 24.0 Å². The van der Waals surface area contributed by atoms with Gasteiger partial charge in [0.15, 0.2) is 6.61 Å². The largest absolute Gasteiger partial charge is 0.482 e. The van der Waals surface area contributed by atoms with Crippen LogP contribution in [0, 0.1) is 0 Å². The first kappa shape index (κ1) is 15.3. The van der Waals surface area contributed by atoms with Crippen LogP contribution in [-0.4, -0.2) is 46.1 Å². The maximum atomic E-state index is 12.2. The van der Waals surface area contributed by atoms with Crippen LogP contribution in [0.4, 0.5) is 0 Å². The maximum absolute atomic E-state index is 12.2. The molecule has 0 aliphatic carbocycles. The van der Waals surface area contributed by atoms with Gasteiger partial charge in [-0.3, -0.25) is 9.78 Å². The fraction of sp³-hybridized carbons (Fsp3) is 0.533. The first-order chi connectivity index (χ1) is 10.1. The number of carbonyl (C=O) groups excluding carboxylic acids is 1. The third kappa shape index (κ3) is 3.93. The Labute approximate surface area is 123 Å². The summed E-state index contributed by atoms with van der Waals surface area (Å²) < 4.78 is 5.39. The lowest BCUT2D eigenvalue weighted by Gasteiger charge is -2.35. The highest BCUT2D eigenvalue weighted by Gasteiger charge is 2.25. The lowest BCUT2D eigenvalue weighted by atomic mass is 10.00. The predicted molar refractivity (Wildman–Crippen MR) is 76.3 cm³/mol. The van der Waals surface area contributed by atoms with E-state index in [9.17, 15) is 9.59 Å². The molecule has 21 heavy (non-hydrogen) atoms. The zero-order valence-electron chi connectivity index (χ0n) is 12.1. The van der Waals surface area contributed by atoms with Crippen molar-refractivity contribution in [1.82, 2.24) is 9.88 Å². The summed E-state index contributed by atoms with van der Waals surface area (Å²) in [6.07, 6.45) is 6.83. The molecule has 2 rings (SSSR count). The number of rotatable bonds is 5. The Kier molecular flexibility index (Phi) is 5.14. The number of hydrogen-bond donors (Lipinski definition) is 1. The van der Waals surface area contributed by atoms with Crippen LogP contribution in [0.25, 0.3) is 0 Å². The second-order valence-corrected chi connectivity index (χ2v) is 5.15. The Bertz CT molecular complexity index is 518. The quantitative estimate of drug-likeness (QED) is 0.897. The van der Waals surface area contributed by atoms with Crippen LogP contribution in [-0.2, 0) is 4.79 Å². The van der Waals surface area contributed by atoms with Gasteiger partial charge >= 0.3 is 5.97 Å². The van der Waals surface area contributed by atoms with Gasteiger partial charge in [-0.2, -0.15) is 0 Å². The average Bonchev–Trinajstić information content (AvgIpc) is 2.52. The molecule has 1 aliphatic rings. The standard InChI is InChI=1S/C15H20N2O4/c1-2-12-5-3-4-6-17(12)14(18)10-21-13-7-11(15(19)20)8-16-9-13/h7-9,12H,2-6,10H2,1H3,(H,19,20). The summed E-state index contributed by atoms with van der Waals surface area (Å²) in [6, 6.07) is 1.66. The van der Waals surface area contributed by atoms with Crippen molar-refractivity contribution in [2.45, 2.75) is 38.6 Å². The van der Waals surface area contributed by atoms with Crippen LogP contribution in [0.1, 0.15) is 43.0 Å². The lowest BCUT2D eigenvalue weighted by Crippen LogP contribution is -2.45. The van der Waals surface area contributed by atoms with Crippen molar-refractivity contribution < 1.29 is 19.4 Å². The number of amides is 1. The van der Waals surface area contributed by atoms with E-state index in [1.54, 1.807) is 0 Å². The molecule has 114 valence electrons. The fourth-order valence-electron chi connectivity index (χ4n) is 2.60. The third-order valence-corrected chi connectivity index (χ3v) is 3.74. The smallest absolute Gasteiger partial charge is 0.337 e. The Morgan fingerprint density at radius 3 is 2.95 bits per heavy atom. The minimum Gasteiger partial charge on any atom is -0.482 e. The molecule has 0 aromatic carbocycles. The Morgan fingerprint density at radius 2 is 2.24 bits per heavy atom. The number of carboxylic acid groups (broad SMARTS) is 1. The minimum absolute atomic E-state index is 0.0457. The van der Waals surface area contributed by atoms with Gasteiger partial charge in [-0.1, -0.05) is 6.92 Å². The summed E-state index contributed by atoms with van der Waals surface area (Å²) >= 11 is 0. The normalized spacial score (nSPS) is 18.3. The zero-order valence-corrected chi connectivity index (χ0v) is 12.1. The van der Waals surface area contributed by atoms with Gasteiger partial charge in [0.2, 0.25) is 0 Å². The second kappa shape index (κ2) is 7.06. The first-order valence-electron chi connectivity index (χ1n) is 7.22. The number of carbonyl (C=O) groups is 2. The summed E-state index contributed by atoms with van der Waals surface area (Å²) in [5, 5.41) is 8.89. The second-order valence-electron chi connectivity index (χ2n) is 5.15. The molecule has 1 aliphatic heterocycles. The summed E-state index contributed by atoms with van der Waals surface area (Å²) in [5.74, 6) is -0.822. The molecular weight excluding hydrogens is 272 g/mol. The lowest BCUT2D eigenvalue weighted by molar-refractivity contribution is -0.137. The Morgan fingerprint density at radius 1 is 1.43 bits per heavy atom. The molecular formula is C15H20N2O4. The number of likely N-dealkylation sites (tertiary alicyclic amines) is 1.